The van der Waals surface area contributed by atoms with Crippen molar-refractivity contribution >= 4 is 0 Å². The second-order valence-corrected chi connectivity index (χ2v) is 6.23. The smallest absolute Gasteiger partial charge is 0.0693 e. The van der Waals surface area contributed by atoms with E-state index in [9.17, 15) is 5.11 Å². The number of nitrogens with one attached hydrogen (secondary N) is 1. The van der Waals surface area contributed by atoms with E-state index in [4.69, 9.17) is 0 Å². The Labute approximate surface area is 93.5 Å². The highest BCUT2D eigenvalue weighted by atomic mass is 16.3. The van der Waals surface area contributed by atoms with Crippen LogP contribution in [0.25, 0.3) is 0 Å². The molecule has 2 nitrogen and oxygen atoms in total. The molecule has 3 unspecified atom stereocenters. The molecule has 0 saturated heterocycles. The predicted molar refractivity (Wildman–Crippen MR) is 62.8 cm³/mol. The molecule has 2 fully saturated rings. The predicted octanol–water partition coefficient (Wildman–Crippen LogP) is 2.46. The third-order valence-corrected chi connectivity index (χ3v) is 4.15. The molecule has 0 spiro atoms. The van der Waals surface area contributed by atoms with Crippen LogP contribution in [0.1, 0.15) is 58.8 Å². The fraction of sp³-hybridized carbons (Fsp3) is 1.00. The summed E-state index contributed by atoms with van der Waals surface area (Å²) in [6.45, 7) is 4.71. The van der Waals surface area contributed by atoms with Gasteiger partial charge in [0.2, 0.25) is 0 Å². The fourth-order valence-electron chi connectivity index (χ4n) is 3.19. The van der Waals surface area contributed by atoms with Crippen molar-refractivity contribution in [2.24, 2.45) is 5.41 Å². The summed E-state index contributed by atoms with van der Waals surface area (Å²) in [5.74, 6) is 0. The van der Waals surface area contributed by atoms with Crippen LogP contribution in [0.4, 0.5) is 0 Å². The van der Waals surface area contributed by atoms with E-state index in [1.54, 1.807) is 0 Å². The van der Waals surface area contributed by atoms with E-state index < -0.39 is 0 Å². The van der Waals surface area contributed by atoms with Gasteiger partial charge < -0.3 is 10.4 Å². The van der Waals surface area contributed by atoms with Crippen molar-refractivity contribution in [1.82, 2.24) is 5.32 Å². The van der Waals surface area contributed by atoms with E-state index in [1.165, 1.54) is 32.1 Å². The molecule has 88 valence electrons. The summed E-state index contributed by atoms with van der Waals surface area (Å²) in [7, 11) is 0. The van der Waals surface area contributed by atoms with Crippen molar-refractivity contribution in [3.8, 4) is 0 Å². The average Bonchev–Trinajstić information content (AvgIpc) is 2.50. The number of hydrogen-bond acceptors (Lipinski definition) is 2. The Bertz CT molecular complexity index is 215. The highest BCUT2D eigenvalue weighted by Gasteiger charge is 2.33. The van der Waals surface area contributed by atoms with Crippen molar-refractivity contribution < 1.29 is 5.11 Å². The number of aliphatic hydroxyl groups is 1. The molecule has 0 amide bonds. The molecule has 2 aliphatic carbocycles. The van der Waals surface area contributed by atoms with E-state index in [0.29, 0.717) is 17.5 Å². The van der Waals surface area contributed by atoms with Gasteiger partial charge in [0, 0.05) is 12.1 Å². The van der Waals surface area contributed by atoms with Crippen LogP contribution in [0.15, 0.2) is 0 Å². The van der Waals surface area contributed by atoms with Crippen molar-refractivity contribution in [2.45, 2.75) is 77.0 Å². The van der Waals surface area contributed by atoms with Gasteiger partial charge >= 0.3 is 0 Å². The van der Waals surface area contributed by atoms with Crippen LogP contribution in [-0.2, 0) is 0 Å². The van der Waals surface area contributed by atoms with Crippen LogP contribution >= 0.6 is 0 Å². The first-order valence-corrected chi connectivity index (χ1v) is 6.51. The summed E-state index contributed by atoms with van der Waals surface area (Å²) < 4.78 is 0. The van der Waals surface area contributed by atoms with Gasteiger partial charge in [-0.25, -0.2) is 0 Å². The maximum absolute atomic E-state index is 9.90. The molecule has 0 bridgehead atoms. The zero-order valence-corrected chi connectivity index (χ0v) is 10.1. The maximum atomic E-state index is 9.90. The normalized spacial score (nSPS) is 40.6. The molecule has 2 heteroatoms. The molecular weight excluding hydrogens is 186 g/mol. The first-order chi connectivity index (χ1) is 7.07. The zero-order valence-electron chi connectivity index (χ0n) is 10.1. The van der Waals surface area contributed by atoms with E-state index in [2.05, 4.69) is 19.2 Å². The third-order valence-electron chi connectivity index (χ3n) is 4.15. The summed E-state index contributed by atoms with van der Waals surface area (Å²) >= 11 is 0. The van der Waals surface area contributed by atoms with Crippen molar-refractivity contribution in [2.75, 3.05) is 0 Å². The van der Waals surface area contributed by atoms with Crippen LogP contribution in [-0.4, -0.2) is 23.3 Å². The third kappa shape index (κ3) is 2.94. The minimum Gasteiger partial charge on any atom is -0.392 e. The first-order valence-electron chi connectivity index (χ1n) is 6.51. The molecule has 0 aromatic heterocycles. The van der Waals surface area contributed by atoms with E-state index in [0.717, 1.165) is 12.8 Å². The van der Waals surface area contributed by atoms with Gasteiger partial charge in [0.1, 0.15) is 0 Å². The Morgan fingerprint density at radius 2 is 1.87 bits per heavy atom. The van der Waals surface area contributed by atoms with Crippen LogP contribution in [0.3, 0.4) is 0 Å². The molecule has 3 atom stereocenters. The lowest BCUT2D eigenvalue weighted by Crippen LogP contribution is -2.46. The summed E-state index contributed by atoms with van der Waals surface area (Å²) in [6.07, 6.45) is 8.44. The van der Waals surface area contributed by atoms with E-state index in [1.807, 2.05) is 0 Å². The Morgan fingerprint density at radius 3 is 2.47 bits per heavy atom. The highest BCUT2D eigenvalue weighted by Crippen LogP contribution is 2.37. The average molecular weight is 211 g/mol. The number of rotatable bonds is 2. The SMILES string of the molecule is CC1(C)CCC(NC2CCCCC2O)C1. The Kier molecular flexibility index (Phi) is 3.36. The number of hydrogen-bond donors (Lipinski definition) is 2. The van der Waals surface area contributed by atoms with Gasteiger partial charge in [-0.1, -0.05) is 26.7 Å². The van der Waals surface area contributed by atoms with E-state index >= 15 is 0 Å². The van der Waals surface area contributed by atoms with Gasteiger partial charge in [-0.05, 0) is 37.5 Å². The van der Waals surface area contributed by atoms with Gasteiger partial charge in [-0.2, -0.15) is 0 Å². The van der Waals surface area contributed by atoms with Gasteiger partial charge in [0.25, 0.3) is 0 Å². The summed E-state index contributed by atoms with van der Waals surface area (Å²) in [5.41, 5.74) is 0.511. The van der Waals surface area contributed by atoms with Crippen molar-refractivity contribution in [3.05, 3.63) is 0 Å². The second kappa shape index (κ2) is 4.42. The lowest BCUT2D eigenvalue weighted by molar-refractivity contribution is 0.0844. The molecule has 0 heterocycles. The van der Waals surface area contributed by atoms with Gasteiger partial charge in [0.05, 0.1) is 6.10 Å². The van der Waals surface area contributed by atoms with Crippen LogP contribution < -0.4 is 5.32 Å². The fourth-order valence-corrected chi connectivity index (χ4v) is 3.19. The first kappa shape index (κ1) is 11.4. The Hall–Kier alpha value is -0.0800. The van der Waals surface area contributed by atoms with E-state index in [-0.39, 0.29) is 6.10 Å². The lowest BCUT2D eigenvalue weighted by atomic mass is 9.90. The quantitative estimate of drug-likeness (QED) is 0.735. The molecule has 2 saturated carbocycles. The molecule has 0 aliphatic heterocycles. The largest absolute Gasteiger partial charge is 0.392 e. The van der Waals surface area contributed by atoms with Crippen molar-refractivity contribution in [1.29, 1.82) is 0 Å². The minimum atomic E-state index is -0.0949. The molecule has 2 rings (SSSR count). The minimum absolute atomic E-state index is 0.0949. The van der Waals surface area contributed by atoms with Crippen molar-refractivity contribution in [3.63, 3.8) is 0 Å². The van der Waals surface area contributed by atoms with Crippen LogP contribution in [0, 0.1) is 5.41 Å². The Morgan fingerprint density at radius 1 is 1.13 bits per heavy atom. The van der Waals surface area contributed by atoms with Crippen LogP contribution in [0.5, 0.6) is 0 Å². The summed E-state index contributed by atoms with van der Waals surface area (Å²) in [6, 6.07) is 1.02. The molecule has 2 N–H and O–H groups in total. The maximum Gasteiger partial charge on any atom is 0.0693 e. The Balaban J connectivity index is 1.81. The monoisotopic (exact) mass is 211 g/mol. The van der Waals surface area contributed by atoms with Gasteiger partial charge in [-0.15, -0.1) is 0 Å². The summed E-state index contributed by atoms with van der Waals surface area (Å²) in [5, 5.41) is 13.6. The van der Waals surface area contributed by atoms with Crippen LogP contribution in [0.2, 0.25) is 0 Å². The zero-order chi connectivity index (χ0) is 10.9. The topological polar surface area (TPSA) is 32.3 Å². The lowest BCUT2D eigenvalue weighted by Gasteiger charge is -2.31. The molecule has 2 aliphatic rings. The van der Waals surface area contributed by atoms with Gasteiger partial charge in [-0.3, -0.25) is 0 Å². The van der Waals surface area contributed by atoms with Gasteiger partial charge in [0.15, 0.2) is 0 Å². The highest BCUT2D eigenvalue weighted by molar-refractivity contribution is 4.90. The molecule has 0 radical (unpaired) electrons. The summed E-state index contributed by atoms with van der Waals surface area (Å²) in [4.78, 5) is 0. The second-order valence-electron chi connectivity index (χ2n) is 6.23. The molecular formula is C13H25NO. The standard InChI is InChI=1S/C13H25NO/c1-13(2)8-7-10(9-13)14-11-5-3-4-6-12(11)15/h10-12,14-15H,3-9H2,1-2H3. The molecule has 0 aromatic carbocycles. The molecule has 0 aromatic rings. The molecule has 15 heavy (non-hydrogen) atoms. The number of aliphatic hydroxyl groups excluding tert-OH is 1.